The number of likely N-dealkylation sites (tertiary alicyclic amines) is 1. The van der Waals surface area contributed by atoms with E-state index < -0.39 is 0 Å². The van der Waals surface area contributed by atoms with Crippen molar-refractivity contribution in [3.8, 4) is 11.1 Å². The van der Waals surface area contributed by atoms with E-state index in [4.69, 9.17) is 4.98 Å². The molecule has 0 unspecified atom stereocenters. The number of rotatable bonds is 6. The number of hydrogen-bond donors (Lipinski definition) is 1. The summed E-state index contributed by atoms with van der Waals surface area (Å²) in [7, 11) is 0. The number of piperidine rings is 2. The number of halogens is 1. The summed E-state index contributed by atoms with van der Waals surface area (Å²) in [6.45, 7) is 6.95. The lowest BCUT2D eigenvalue weighted by Gasteiger charge is -2.32. The molecule has 0 aliphatic carbocycles. The van der Waals surface area contributed by atoms with Gasteiger partial charge in [-0.25, -0.2) is 9.37 Å². The van der Waals surface area contributed by atoms with Crippen molar-refractivity contribution in [3.63, 3.8) is 0 Å². The second-order valence-electron chi connectivity index (χ2n) is 10.2. The van der Waals surface area contributed by atoms with Gasteiger partial charge in [0.15, 0.2) is 0 Å². The maximum Gasteiger partial charge on any atom is 0.251 e. The number of anilines is 1. The monoisotopic (exact) mass is 486 g/mol. The van der Waals surface area contributed by atoms with Crippen molar-refractivity contribution < 1.29 is 9.18 Å². The average Bonchev–Trinajstić information content (AvgIpc) is 2.91. The molecule has 3 heterocycles. The molecule has 0 saturated carbocycles. The highest BCUT2D eigenvalue weighted by atomic mass is 19.1. The highest BCUT2D eigenvalue weighted by Gasteiger charge is 2.22. The highest BCUT2D eigenvalue weighted by Crippen LogP contribution is 2.25. The van der Waals surface area contributed by atoms with E-state index in [2.05, 4.69) is 27.2 Å². The lowest BCUT2D eigenvalue weighted by Crippen LogP contribution is -2.44. The van der Waals surface area contributed by atoms with Gasteiger partial charge in [0, 0.05) is 56.1 Å². The van der Waals surface area contributed by atoms with Gasteiger partial charge in [0.05, 0.1) is 0 Å². The number of aromatic nitrogens is 1. The van der Waals surface area contributed by atoms with E-state index in [1.165, 1.54) is 30.9 Å². The summed E-state index contributed by atoms with van der Waals surface area (Å²) >= 11 is 0. The quantitative estimate of drug-likeness (QED) is 0.494. The van der Waals surface area contributed by atoms with Crippen molar-refractivity contribution in [2.45, 2.75) is 51.6 Å². The van der Waals surface area contributed by atoms with Crippen LogP contribution in [0.3, 0.4) is 0 Å². The Hall–Kier alpha value is -3.25. The van der Waals surface area contributed by atoms with E-state index in [1.54, 1.807) is 12.1 Å². The van der Waals surface area contributed by atoms with E-state index in [0.29, 0.717) is 11.1 Å². The number of nitrogens with one attached hydrogen (secondary N) is 1. The number of nitrogens with zero attached hydrogens (tertiary/aromatic N) is 3. The Morgan fingerprint density at radius 1 is 0.972 bits per heavy atom. The van der Waals surface area contributed by atoms with Crippen molar-refractivity contribution in [3.05, 3.63) is 83.3 Å². The first kappa shape index (κ1) is 24.4. The normalized spacial score (nSPS) is 17.2. The Morgan fingerprint density at radius 2 is 1.72 bits per heavy atom. The number of benzene rings is 2. The molecule has 5 nitrogen and oxygen atoms in total. The molecule has 36 heavy (non-hydrogen) atoms. The van der Waals surface area contributed by atoms with E-state index >= 15 is 0 Å². The first-order valence-corrected chi connectivity index (χ1v) is 13.1. The molecule has 188 valence electrons. The first-order valence-electron chi connectivity index (χ1n) is 13.1. The van der Waals surface area contributed by atoms with E-state index in [9.17, 15) is 9.18 Å². The molecule has 1 aromatic heterocycles. The summed E-state index contributed by atoms with van der Waals surface area (Å²) in [5.74, 6) is 0.632. The van der Waals surface area contributed by atoms with Gasteiger partial charge in [-0.3, -0.25) is 9.69 Å². The van der Waals surface area contributed by atoms with Crippen LogP contribution in [0.15, 0.2) is 60.8 Å². The minimum Gasteiger partial charge on any atom is -0.357 e. The number of carbonyl (C=O) groups is 1. The van der Waals surface area contributed by atoms with E-state index in [-0.39, 0.29) is 17.8 Å². The van der Waals surface area contributed by atoms with Crippen LogP contribution in [0.2, 0.25) is 0 Å². The third-order valence-corrected chi connectivity index (χ3v) is 7.41. The summed E-state index contributed by atoms with van der Waals surface area (Å²) in [5.41, 5.74) is 4.07. The predicted octanol–water partition coefficient (Wildman–Crippen LogP) is 5.58. The maximum absolute atomic E-state index is 14.5. The molecule has 1 N–H and O–H groups in total. The van der Waals surface area contributed by atoms with Gasteiger partial charge < -0.3 is 10.2 Å². The molecule has 0 atom stereocenters. The number of amides is 1. The van der Waals surface area contributed by atoms with Crippen LogP contribution in [-0.4, -0.2) is 48.0 Å². The van der Waals surface area contributed by atoms with E-state index in [0.717, 1.165) is 62.5 Å². The Bertz CT molecular complexity index is 1160. The molecule has 2 saturated heterocycles. The van der Waals surface area contributed by atoms with Crippen LogP contribution in [-0.2, 0) is 6.54 Å². The van der Waals surface area contributed by atoms with Crippen molar-refractivity contribution >= 4 is 11.7 Å². The molecule has 3 aromatic rings. The zero-order chi connectivity index (χ0) is 24.9. The summed E-state index contributed by atoms with van der Waals surface area (Å²) in [6, 6.07) is 16.8. The number of hydrogen-bond acceptors (Lipinski definition) is 4. The molecule has 2 aliphatic heterocycles. The minimum atomic E-state index is -0.317. The Morgan fingerprint density at radius 3 is 2.42 bits per heavy atom. The Balaban J connectivity index is 1.13. The van der Waals surface area contributed by atoms with Gasteiger partial charge in [0.2, 0.25) is 0 Å². The van der Waals surface area contributed by atoms with Crippen molar-refractivity contribution in [1.82, 2.24) is 15.2 Å². The summed E-state index contributed by atoms with van der Waals surface area (Å²) in [5, 5.41) is 3.16. The molecule has 0 radical (unpaired) electrons. The molecule has 5 rings (SSSR count). The average molecular weight is 487 g/mol. The minimum absolute atomic E-state index is 0.126. The van der Waals surface area contributed by atoms with Gasteiger partial charge in [0.1, 0.15) is 11.6 Å². The largest absolute Gasteiger partial charge is 0.357 e. The number of aryl methyl sites for hydroxylation is 1. The molecule has 2 aromatic carbocycles. The molecule has 2 fully saturated rings. The second kappa shape index (κ2) is 11.2. The third-order valence-electron chi connectivity index (χ3n) is 7.41. The third kappa shape index (κ3) is 5.93. The SMILES string of the molecule is Cc1ccc(-c2cc(C(=O)NC3CCN(Cc4ccc(N5CCCCC5)nc4)CC3)ccc2F)cc1. The Labute approximate surface area is 213 Å². The molecule has 1 amide bonds. The van der Waals surface area contributed by atoms with Gasteiger partial charge in [-0.05, 0) is 74.4 Å². The molecule has 6 heteroatoms. The molecule has 0 spiro atoms. The van der Waals surface area contributed by atoms with Gasteiger partial charge in [-0.1, -0.05) is 35.9 Å². The standard InChI is InChI=1S/C30H35FN4O/c1-22-5-8-24(9-6-22)27-19-25(10-11-28(27)31)30(36)33-26-13-17-34(18-14-26)21-23-7-12-29(32-20-23)35-15-3-2-4-16-35/h5-12,19-20,26H,2-4,13-18,21H2,1H3,(H,33,36). The fraction of sp³-hybridized carbons (Fsp3) is 0.400. The maximum atomic E-state index is 14.5. The summed E-state index contributed by atoms with van der Waals surface area (Å²) in [4.78, 5) is 22.5. The summed E-state index contributed by atoms with van der Waals surface area (Å²) in [6.07, 6.45) is 7.64. The van der Waals surface area contributed by atoms with Crippen molar-refractivity contribution in [2.75, 3.05) is 31.1 Å². The van der Waals surface area contributed by atoms with Crippen LogP contribution >= 0.6 is 0 Å². The number of carbonyl (C=O) groups excluding carboxylic acids is 1. The molecular formula is C30H35FN4O. The van der Waals surface area contributed by atoms with Crippen LogP contribution in [0.1, 0.15) is 53.6 Å². The molecule has 2 aliphatic rings. The van der Waals surface area contributed by atoms with Crippen LogP contribution in [0.4, 0.5) is 10.2 Å². The highest BCUT2D eigenvalue weighted by molar-refractivity contribution is 5.95. The van der Waals surface area contributed by atoms with Gasteiger partial charge in [-0.15, -0.1) is 0 Å². The fourth-order valence-electron chi connectivity index (χ4n) is 5.20. The zero-order valence-electron chi connectivity index (χ0n) is 21.0. The zero-order valence-corrected chi connectivity index (χ0v) is 21.0. The first-order chi connectivity index (χ1) is 17.5. The van der Waals surface area contributed by atoms with Crippen LogP contribution in [0, 0.1) is 12.7 Å². The van der Waals surface area contributed by atoms with Crippen molar-refractivity contribution in [2.24, 2.45) is 0 Å². The number of pyridine rings is 1. The summed E-state index contributed by atoms with van der Waals surface area (Å²) < 4.78 is 14.5. The fourth-order valence-corrected chi connectivity index (χ4v) is 5.20. The van der Waals surface area contributed by atoms with Crippen LogP contribution in [0.25, 0.3) is 11.1 Å². The smallest absolute Gasteiger partial charge is 0.251 e. The lowest BCUT2D eigenvalue weighted by atomic mass is 10.00. The Kier molecular flexibility index (Phi) is 7.61. The van der Waals surface area contributed by atoms with Crippen molar-refractivity contribution in [1.29, 1.82) is 0 Å². The van der Waals surface area contributed by atoms with Crippen LogP contribution < -0.4 is 10.2 Å². The van der Waals surface area contributed by atoms with E-state index in [1.807, 2.05) is 37.4 Å². The predicted molar refractivity (Wildman–Crippen MR) is 143 cm³/mol. The van der Waals surface area contributed by atoms with Gasteiger partial charge >= 0.3 is 0 Å². The van der Waals surface area contributed by atoms with Gasteiger partial charge in [0.25, 0.3) is 5.91 Å². The molecular weight excluding hydrogens is 451 g/mol. The topological polar surface area (TPSA) is 48.5 Å². The van der Waals surface area contributed by atoms with Gasteiger partial charge in [-0.2, -0.15) is 0 Å². The lowest BCUT2D eigenvalue weighted by molar-refractivity contribution is 0.0909. The van der Waals surface area contributed by atoms with Crippen LogP contribution in [0.5, 0.6) is 0 Å². The second-order valence-corrected chi connectivity index (χ2v) is 10.2. The molecule has 0 bridgehead atoms.